The van der Waals surface area contributed by atoms with E-state index in [0.717, 1.165) is 44.6 Å². The minimum atomic E-state index is -0.493. The van der Waals surface area contributed by atoms with E-state index < -0.39 is 6.03 Å². The van der Waals surface area contributed by atoms with Gasteiger partial charge in [-0.3, -0.25) is 4.79 Å². The standard InChI is InChI=1S/C18H26FN5O2/c19-15-10-13(3-4-16(15)23-8-5-21-6-9-23)11-22-17(25)14-2-1-7-24(12-14)18(20)26/h3-4,10,14,21H,1-2,5-9,11-12H2,(H2,20,26)(H,22,25). The van der Waals surface area contributed by atoms with Crippen LogP contribution in [0.15, 0.2) is 18.2 Å². The summed E-state index contributed by atoms with van der Waals surface area (Å²) in [5.41, 5.74) is 6.62. The number of carbonyl (C=O) groups excluding carboxylic acids is 2. The second-order valence-corrected chi connectivity index (χ2v) is 6.86. The summed E-state index contributed by atoms with van der Waals surface area (Å²) in [6.07, 6.45) is 1.49. The van der Waals surface area contributed by atoms with E-state index in [1.54, 1.807) is 6.07 Å². The fourth-order valence-electron chi connectivity index (χ4n) is 3.55. The maximum atomic E-state index is 14.4. The van der Waals surface area contributed by atoms with Crippen molar-refractivity contribution in [2.45, 2.75) is 19.4 Å². The summed E-state index contributed by atoms with van der Waals surface area (Å²) in [6.45, 7) is 4.47. The van der Waals surface area contributed by atoms with Crippen LogP contribution in [0.2, 0.25) is 0 Å². The number of benzene rings is 1. The van der Waals surface area contributed by atoms with Crippen LogP contribution in [0, 0.1) is 11.7 Å². The van der Waals surface area contributed by atoms with E-state index in [-0.39, 0.29) is 24.2 Å². The van der Waals surface area contributed by atoms with Crippen molar-refractivity contribution < 1.29 is 14.0 Å². The smallest absolute Gasteiger partial charge is 0.314 e. The molecule has 7 nitrogen and oxygen atoms in total. The summed E-state index contributed by atoms with van der Waals surface area (Å²) in [5.74, 6) is -0.653. The van der Waals surface area contributed by atoms with Gasteiger partial charge in [-0.2, -0.15) is 0 Å². The molecule has 1 atom stereocenters. The van der Waals surface area contributed by atoms with Crippen molar-refractivity contribution in [1.29, 1.82) is 0 Å². The number of anilines is 1. The number of piperazine rings is 1. The predicted molar refractivity (Wildman–Crippen MR) is 97.2 cm³/mol. The first-order valence-electron chi connectivity index (χ1n) is 9.11. The molecular formula is C18H26FN5O2. The van der Waals surface area contributed by atoms with Crippen molar-refractivity contribution in [2.75, 3.05) is 44.2 Å². The van der Waals surface area contributed by atoms with Crippen LogP contribution in [-0.4, -0.2) is 56.1 Å². The van der Waals surface area contributed by atoms with Crippen LogP contribution >= 0.6 is 0 Å². The van der Waals surface area contributed by atoms with Crippen LogP contribution in [0.4, 0.5) is 14.9 Å². The third-order valence-corrected chi connectivity index (χ3v) is 5.04. The first kappa shape index (κ1) is 18.4. The van der Waals surface area contributed by atoms with Crippen LogP contribution in [0.25, 0.3) is 0 Å². The molecular weight excluding hydrogens is 337 g/mol. The highest BCUT2D eigenvalue weighted by molar-refractivity contribution is 5.80. The van der Waals surface area contributed by atoms with Gasteiger partial charge in [-0.1, -0.05) is 6.07 Å². The summed E-state index contributed by atoms with van der Waals surface area (Å²) < 4.78 is 14.4. The van der Waals surface area contributed by atoms with E-state index in [4.69, 9.17) is 5.73 Å². The lowest BCUT2D eigenvalue weighted by molar-refractivity contribution is -0.126. The Morgan fingerprint density at radius 3 is 2.73 bits per heavy atom. The van der Waals surface area contributed by atoms with E-state index >= 15 is 0 Å². The number of nitrogens with one attached hydrogen (secondary N) is 2. The van der Waals surface area contributed by atoms with Crippen LogP contribution < -0.4 is 21.3 Å². The molecule has 26 heavy (non-hydrogen) atoms. The molecule has 0 aromatic heterocycles. The molecule has 1 unspecified atom stereocenters. The molecule has 4 N–H and O–H groups in total. The zero-order valence-electron chi connectivity index (χ0n) is 14.8. The number of nitrogens with two attached hydrogens (primary N) is 1. The minimum Gasteiger partial charge on any atom is -0.367 e. The van der Waals surface area contributed by atoms with Crippen molar-refractivity contribution in [2.24, 2.45) is 11.7 Å². The van der Waals surface area contributed by atoms with Gasteiger partial charge in [-0.05, 0) is 30.5 Å². The van der Waals surface area contributed by atoms with Crippen molar-refractivity contribution in [3.63, 3.8) is 0 Å². The minimum absolute atomic E-state index is 0.123. The first-order chi connectivity index (χ1) is 12.5. The largest absolute Gasteiger partial charge is 0.367 e. The lowest BCUT2D eigenvalue weighted by atomic mass is 9.97. The number of likely N-dealkylation sites (tertiary alicyclic amines) is 1. The molecule has 0 radical (unpaired) electrons. The number of primary amides is 1. The van der Waals surface area contributed by atoms with Gasteiger partial charge in [0.2, 0.25) is 5.91 Å². The fraction of sp³-hybridized carbons (Fsp3) is 0.556. The Bertz CT molecular complexity index is 663. The molecule has 142 valence electrons. The third-order valence-electron chi connectivity index (χ3n) is 5.04. The molecule has 8 heteroatoms. The number of hydrogen-bond donors (Lipinski definition) is 3. The topological polar surface area (TPSA) is 90.7 Å². The van der Waals surface area contributed by atoms with E-state index in [1.165, 1.54) is 11.0 Å². The van der Waals surface area contributed by atoms with Crippen LogP contribution in [0.1, 0.15) is 18.4 Å². The average molecular weight is 363 g/mol. The van der Waals surface area contributed by atoms with Crippen molar-refractivity contribution in [3.05, 3.63) is 29.6 Å². The Morgan fingerprint density at radius 1 is 1.27 bits per heavy atom. The van der Waals surface area contributed by atoms with Gasteiger partial charge in [-0.15, -0.1) is 0 Å². The number of carbonyl (C=O) groups is 2. The lowest BCUT2D eigenvalue weighted by Gasteiger charge is -2.31. The highest BCUT2D eigenvalue weighted by atomic mass is 19.1. The molecule has 2 aliphatic heterocycles. The molecule has 1 aromatic carbocycles. The van der Waals surface area contributed by atoms with Gasteiger partial charge in [0.15, 0.2) is 0 Å². The molecule has 0 saturated carbocycles. The molecule has 0 aliphatic carbocycles. The van der Waals surface area contributed by atoms with Gasteiger partial charge in [-0.25, -0.2) is 9.18 Å². The Labute approximate surface area is 152 Å². The van der Waals surface area contributed by atoms with Crippen LogP contribution in [0.5, 0.6) is 0 Å². The molecule has 0 spiro atoms. The quantitative estimate of drug-likeness (QED) is 0.732. The molecule has 0 bridgehead atoms. The van der Waals surface area contributed by atoms with Crippen LogP contribution in [0.3, 0.4) is 0 Å². The summed E-state index contributed by atoms with van der Waals surface area (Å²) in [6, 6.07) is 4.61. The maximum Gasteiger partial charge on any atom is 0.314 e. The molecule has 3 amide bonds. The summed E-state index contributed by atoms with van der Waals surface area (Å²) >= 11 is 0. The molecule has 2 saturated heterocycles. The van der Waals surface area contributed by atoms with Crippen LogP contribution in [-0.2, 0) is 11.3 Å². The number of rotatable bonds is 4. The normalized spacial score (nSPS) is 20.7. The lowest BCUT2D eigenvalue weighted by Crippen LogP contribution is -2.47. The Kier molecular flexibility index (Phi) is 5.92. The number of amides is 3. The van der Waals surface area contributed by atoms with Gasteiger partial charge in [0.1, 0.15) is 5.82 Å². The highest BCUT2D eigenvalue weighted by Gasteiger charge is 2.27. The molecule has 2 fully saturated rings. The Balaban J connectivity index is 1.55. The van der Waals surface area contributed by atoms with Gasteiger partial charge in [0, 0.05) is 45.8 Å². The molecule has 3 rings (SSSR count). The number of halogens is 1. The third kappa shape index (κ3) is 4.43. The van der Waals surface area contributed by atoms with Gasteiger partial charge in [0.05, 0.1) is 11.6 Å². The zero-order chi connectivity index (χ0) is 18.5. The van der Waals surface area contributed by atoms with E-state index in [9.17, 15) is 14.0 Å². The average Bonchev–Trinajstić information content (AvgIpc) is 2.67. The van der Waals surface area contributed by atoms with Crippen molar-refractivity contribution in [3.8, 4) is 0 Å². The van der Waals surface area contributed by atoms with Gasteiger partial charge >= 0.3 is 6.03 Å². The number of piperidine rings is 1. The van der Waals surface area contributed by atoms with Crippen molar-refractivity contribution >= 4 is 17.6 Å². The molecule has 1 aromatic rings. The van der Waals surface area contributed by atoms with E-state index in [0.29, 0.717) is 18.8 Å². The Morgan fingerprint density at radius 2 is 2.04 bits per heavy atom. The fourth-order valence-corrected chi connectivity index (χ4v) is 3.55. The number of urea groups is 1. The monoisotopic (exact) mass is 363 g/mol. The molecule has 2 heterocycles. The Hall–Kier alpha value is -2.35. The highest BCUT2D eigenvalue weighted by Crippen LogP contribution is 2.21. The van der Waals surface area contributed by atoms with Crippen molar-refractivity contribution in [1.82, 2.24) is 15.5 Å². The summed E-state index contributed by atoms with van der Waals surface area (Å²) in [5, 5.41) is 6.09. The second kappa shape index (κ2) is 8.35. The zero-order valence-corrected chi connectivity index (χ0v) is 14.8. The molecule has 2 aliphatic rings. The summed E-state index contributed by atoms with van der Waals surface area (Å²) in [7, 11) is 0. The second-order valence-electron chi connectivity index (χ2n) is 6.86. The predicted octanol–water partition coefficient (Wildman–Crippen LogP) is 0.642. The summed E-state index contributed by atoms with van der Waals surface area (Å²) in [4.78, 5) is 27.1. The van der Waals surface area contributed by atoms with E-state index in [1.807, 2.05) is 11.0 Å². The first-order valence-corrected chi connectivity index (χ1v) is 9.11. The van der Waals surface area contributed by atoms with E-state index in [2.05, 4.69) is 10.6 Å². The SMILES string of the molecule is NC(=O)N1CCCC(C(=O)NCc2ccc(N3CCNCC3)c(F)c2)C1. The number of hydrogen-bond acceptors (Lipinski definition) is 4. The maximum absolute atomic E-state index is 14.4. The number of nitrogens with zero attached hydrogens (tertiary/aromatic N) is 2. The van der Waals surface area contributed by atoms with Gasteiger partial charge in [0.25, 0.3) is 0 Å². The van der Waals surface area contributed by atoms with Gasteiger partial charge < -0.3 is 26.2 Å².